The molecule has 0 spiro atoms. The molecule has 1 atom stereocenters. The van der Waals surface area contributed by atoms with Crippen molar-refractivity contribution < 1.29 is 19.1 Å². The number of ether oxygens (including phenoxy) is 1. The summed E-state index contributed by atoms with van der Waals surface area (Å²) in [4.78, 5) is 13.3. The number of aliphatic hydroxyl groups excluding tert-OH is 1. The van der Waals surface area contributed by atoms with E-state index in [1.165, 1.54) is 13.2 Å². The molecule has 1 unspecified atom stereocenters. The van der Waals surface area contributed by atoms with E-state index < -0.39 is 12.1 Å². The molecule has 0 bridgehead atoms. The standard InChI is InChI=1S/C15H17NO4/c1-16(2)11-6-4-10(5-7-11)14(17)12-8-9-13(20-12)15(18)19-3/h4-9,14,17H,1-3H3. The Kier molecular flexibility index (Phi) is 4.10. The number of hydrogen-bond donors (Lipinski definition) is 1. The summed E-state index contributed by atoms with van der Waals surface area (Å²) in [5.41, 5.74) is 1.73. The molecule has 1 aromatic heterocycles. The van der Waals surface area contributed by atoms with Gasteiger partial charge in [-0.05, 0) is 29.8 Å². The van der Waals surface area contributed by atoms with Crippen molar-refractivity contribution in [1.29, 1.82) is 0 Å². The topological polar surface area (TPSA) is 62.9 Å². The van der Waals surface area contributed by atoms with Crippen LogP contribution in [0, 0.1) is 0 Å². The summed E-state index contributed by atoms with van der Waals surface area (Å²) in [5.74, 6) is -0.180. The van der Waals surface area contributed by atoms with E-state index in [1.807, 2.05) is 43.3 Å². The zero-order valence-electron chi connectivity index (χ0n) is 11.7. The molecular weight excluding hydrogens is 258 g/mol. The van der Waals surface area contributed by atoms with Crippen LogP contribution < -0.4 is 4.90 Å². The zero-order chi connectivity index (χ0) is 14.7. The third kappa shape index (κ3) is 2.83. The molecule has 0 saturated heterocycles. The van der Waals surface area contributed by atoms with Gasteiger partial charge >= 0.3 is 5.97 Å². The largest absolute Gasteiger partial charge is 0.463 e. The maximum atomic E-state index is 11.3. The van der Waals surface area contributed by atoms with Gasteiger partial charge in [-0.1, -0.05) is 12.1 Å². The number of carbonyl (C=O) groups excluding carboxylic acids is 1. The van der Waals surface area contributed by atoms with Crippen LogP contribution in [0.4, 0.5) is 5.69 Å². The third-order valence-corrected chi connectivity index (χ3v) is 3.01. The first-order chi connectivity index (χ1) is 9.52. The van der Waals surface area contributed by atoms with Crippen molar-refractivity contribution in [3.05, 3.63) is 53.5 Å². The zero-order valence-corrected chi connectivity index (χ0v) is 11.7. The van der Waals surface area contributed by atoms with Gasteiger partial charge in [-0.25, -0.2) is 4.79 Å². The monoisotopic (exact) mass is 275 g/mol. The summed E-state index contributed by atoms with van der Waals surface area (Å²) in [6.07, 6.45) is -0.912. The van der Waals surface area contributed by atoms with E-state index in [2.05, 4.69) is 4.74 Å². The van der Waals surface area contributed by atoms with Crippen LogP contribution >= 0.6 is 0 Å². The lowest BCUT2D eigenvalue weighted by atomic mass is 10.1. The van der Waals surface area contributed by atoms with Gasteiger partial charge in [0, 0.05) is 19.8 Å². The fraction of sp³-hybridized carbons (Fsp3) is 0.267. The molecule has 2 rings (SSSR count). The second-order valence-electron chi connectivity index (χ2n) is 4.58. The molecule has 1 heterocycles. The Balaban J connectivity index is 2.20. The molecule has 0 aliphatic rings. The van der Waals surface area contributed by atoms with Gasteiger partial charge in [-0.15, -0.1) is 0 Å². The minimum Gasteiger partial charge on any atom is -0.463 e. The number of nitrogens with zero attached hydrogens (tertiary/aromatic N) is 1. The number of methoxy groups -OCH3 is 1. The van der Waals surface area contributed by atoms with E-state index in [0.717, 1.165) is 5.69 Å². The Bertz CT molecular complexity index is 586. The average Bonchev–Trinajstić information content (AvgIpc) is 2.95. The average molecular weight is 275 g/mol. The highest BCUT2D eigenvalue weighted by atomic mass is 16.5. The lowest BCUT2D eigenvalue weighted by molar-refractivity contribution is 0.0558. The SMILES string of the molecule is COC(=O)c1ccc(C(O)c2ccc(N(C)C)cc2)o1. The van der Waals surface area contributed by atoms with Crippen LogP contribution in [0.25, 0.3) is 0 Å². The van der Waals surface area contributed by atoms with Crippen LogP contribution in [-0.2, 0) is 4.74 Å². The lowest BCUT2D eigenvalue weighted by Gasteiger charge is -2.14. The Morgan fingerprint density at radius 1 is 1.20 bits per heavy atom. The first-order valence-electron chi connectivity index (χ1n) is 6.16. The maximum absolute atomic E-state index is 11.3. The summed E-state index contributed by atoms with van der Waals surface area (Å²) in [6, 6.07) is 10.5. The van der Waals surface area contributed by atoms with Crippen molar-refractivity contribution >= 4 is 11.7 Å². The highest BCUT2D eigenvalue weighted by Gasteiger charge is 2.18. The number of aliphatic hydroxyl groups is 1. The number of anilines is 1. The van der Waals surface area contributed by atoms with Gasteiger partial charge in [0.05, 0.1) is 7.11 Å². The Labute approximate surface area is 117 Å². The van der Waals surface area contributed by atoms with E-state index in [0.29, 0.717) is 11.3 Å². The van der Waals surface area contributed by atoms with Crippen molar-refractivity contribution in [2.75, 3.05) is 26.1 Å². The van der Waals surface area contributed by atoms with Crippen LogP contribution in [0.1, 0.15) is 28.0 Å². The Morgan fingerprint density at radius 3 is 2.40 bits per heavy atom. The van der Waals surface area contributed by atoms with E-state index in [4.69, 9.17) is 4.42 Å². The first-order valence-corrected chi connectivity index (χ1v) is 6.16. The maximum Gasteiger partial charge on any atom is 0.373 e. The van der Waals surface area contributed by atoms with E-state index in [1.54, 1.807) is 6.07 Å². The minimum absolute atomic E-state index is 0.0754. The summed E-state index contributed by atoms with van der Waals surface area (Å²) < 4.78 is 9.85. The number of hydrogen-bond acceptors (Lipinski definition) is 5. The van der Waals surface area contributed by atoms with Crippen molar-refractivity contribution in [3.8, 4) is 0 Å². The lowest BCUT2D eigenvalue weighted by Crippen LogP contribution is -2.08. The van der Waals surface area contributed by atoms with Gasteiger partial charge in [0.2, 0.25) is 5.76 Å². The van der Waals surface area contributed by atoms with Crippen molar-refractivity contribution in [2.24, 2.45) is 0 Å². The van der Waals surface area contributed by atoms with E-state index >= 15 is 0 Å². The molecule has 0 aliphatic carbocycles. The molecule has 5 nitrogen and oxygen atoms in total. The molecule has 0 saturated carbocycles. The smallest absolute Gasteiger partial charge is 0.373 e. The minimum atomic E-state index is -0.912. The second-order valence-corrected chi connectivity index (χ2v) is 4.58. The molecule has 0 aliphatic heterocycles. The molecule has 0 fully saturated rings. The number of benzene rings is 1. The third-order valence-electron chi connectivity index (χ3n) is 3.01. The van der Waals surface area contributed by atoms with Crippen LogP contribution in [0.2, 0.25) is 0 Å². The van der Waals surface area contributed by atoms with Gasteiger partial charge in [-0.3, -0.25) is 0 Å². The molecule has 0 amide bonds. The number of carbonyl (C=O) groups is 1. The number of furan rings is 1. The van der Waals surface area contributed by atoms with Gasteiger partial charge in [0.25, 0.3) is 0 Å². The molecule has 20 heavy (non-hydrogen) atoms. The number of rotatable bonds is 4. The van der Waals surface area contributed by atoms with Crippen molar-refractivity contribution in [2.45, 2.75) is 6.10 Å². The van der Waals surface area contributed by atoms with Crippen LogP contribution in [0.15, 0.2) is 40.8 Å². The fourth-order valence-electron chi connectivity index (χ4n) is 1.83. The first kappa shape index (κ1) is 14.1. The molecule has 1 N–H and O–H groups in total. The van der Waals surface area contributed by atoms with E-state index in [9.17, 15) is 9.90 Å². The van der Waals surface area contributed by atoms with Gasteiger partial charge < -0.3 is 19.2 Å². The highest BCUT2D eigenvalue weighted by Crippen LogP contribution is 2.25. The molecule has 2 aromatic rings. The van der Waals surface area contributed by atoms with Gasteiger partial charge in [0.1, 0.15) is 11.9 Å². The van der Waals surface area contributed by atoms with E-state index in [-0.39, 0.29) is 5.76 Å². The summed E-state index contributed by atoms with van der Waals surface area (Å²) in [7, 11) is 5.17. The van der Waals surface area contributed by atoms with Crippen LogP contribution in [0.5, 0.6) is 0 Å². The van der Waals surface area contributed by atoms with Crippen LogP contribution in [0.3, 0.4) is 0 Å². The predicted octanol–water partition coefficient (Wildman–Crippen LogP) is 2.21. The molecular formula is C15H17NO4. The summed E-state index contributed by atoms with van der Waals surface area (Å²) >= 11 is 0. The quantitative estimate of drug-likeness (QED) is 0.867. The Morgan fingerprint density at radius 2 is 1.85 bits per heavy atom. The number of esters is 1. The second kappa shape index (κ2) is 5.79. The fourth-order valence-corrected chi connectivity index (χ4v) is 1.83. The highest BCUT2D eigenvalue weighted by molar-refractivity contribution is 5.86. The normalized spacial score (nSPS) is 12.0. The molecule has 106 valence electrons. The predicted molar refractivity (Wildman–Crippen MR) is 74.9 cm³/mol. The molecule has 5 heteroatoms. The van der Waals surface area contributed by atoms with Crippen molar-refractivity contribution in [3.63, 3.8) is 0 Å². The van der Waals surface area contributed by atoms with Crippen LogP contribution in [-0.4, -0.2) is 32.3 Å². The Hall–Kier alpha value is -2.27. The summed E-state index contributed by atoms with van der Waals surface area (Å²) in [6.45, 7) is 0. The van der Waals surface area contributed by atoms with Gasteiger partial charge in [-0.2, -0.15) is 0 Å². The van der Waals surface area contributed by atoms with Crippen molar-refractivity contribution in [1.82, 2.24) is 0 Å². The van der Waals surface area contributed by atoms with Gasteiger partial charge in [0.15, 0.2) is 0 Å². The molecule has 0 radical (unpaired) electrons. The summed E-state index contributed by atoms with van der Waals surface area (Å²) in [5, 5.41) is 10.2. The molecule has 1 aromatic carbocycles.